The molecule has 3 N–H and O–H groups in total. The van der Waals surface area contributed by atoms with Crippen molar-refractivity contribution in [2.24, 2.45) is 5.73 Å². The standard InChI is InChI=1S/C21H22F2N2O/c1-14(26)20-17(18-13-16(22)7-8-19(18)23)9-12-25-21(20,10-11-24)15-5-3-2-4-6-15/h2-8,13,25H,9-12,24H2,1H3. The molecular formula is C21H22F2N2O. The van der Waals surface area contributed by atoms with Crippen molar-refractivity contribution in [2.75, 3.05) is 13.1 Å². The largest absolute Gasteiger partial charge is 0.330 e. The lowest BCUT2D eigenvalue weighted by atomic mass is 9.72. The number of rotatable bonds is 5. The van der Waals surface area contributed by atoms with E-state index in [0.29, 0.717) is 37.1 Å². The molecule has 26 heavy (non-hydrogen) atoms. The van der Waals surface area contributed by atoms with Crippen molar-refractivity contribution in [1.29, 1.82) is 0 Å². The van der Waals surface area contributed by atoms with Crippen molar-refractivity contribution in [3.8, 4) is 0 Å². The van der Waals surface area contributed by atoms with Gasteiger partial charge in [0.05, 0.1) is 5.54 Å². The van der Waals surface area contributed by atoms with Crippen molar-refractivity contribution >= 4 is 11.4 Å². The molecule has 0 aliphatic carbocycles. The number of hydrogen-bond donors (Lipinski definition) is 2. The first-order valence-corrected chi connectivity index (χ1v) is 8.70. The van der Waals surface area contributed by atoms with Crippen LogP contribution in [0.2, 0.25) is 0 Å². The van der Waals surface area contributed by atoms with Crippen LogP contribution in [0.15, 0.2) is 54.1 Å². The Bertz CT molecular complexity index is 848. The molecule has 0 saturated carbocycles. The van der Waals surface area contributed by atoms with Gasteiger partial charge in [-0.3, -0.25) is 4.79 Å². The Balaban J connectivity index is 2.31. The van der Waals surface area contributed by atoms with E-state index in [0.717, 1.165) is 23.8 Å². The van der Waals surface area contributed by atoms with Gasteiger partial charge in [0.1, 0.15) is 11.6 Å². The summed E-state index contributed by atoms with van der Waals surface area (Å²) in [6, 6.07) is 12.9. The molecule has 3 rings (SSSR count). The Hall–Kier alpha value is -2.37. The molecule has 3 nitrogen and oxygen atoms in total. The number of hydrogen-bond acceptors (Lipinski definition) is 3. The van der Waals surface area contributed by atoms with E-state index in [2.05, 4.69) is 5.32 Å². The SMILES string of the molecule is CC(=O)C1=C(c2cc(F)ccc2F)CCNC1(CCN)c1ccccc1. The molecule has 0 amide bonds. The third-order valence-corrected chi connectivity index (χ3v) is 4.92. The van der Waals surface area contributed by atoms with E-state index in [1.807, 2.05) is 30.3 Å². The Morgan fingerprint density at radius 1 is 1.19 bits per heavy atom. The number of nitrogens with two attached hydrogens (primary N) is 1. The van der Waals surface area contributed by atoms with Crippen molar-refractivity contribution < 1.29 is 13.6 Å². The van der Waals surface area contributed by atoms with Gasteiger partial charge in [-0.1, -0.05) is 30.3 Å². The first kappa shape index (κ1) is 18.4. The van der Waals surface area contributed by atoms with E-state index in [1.165, 1.54) is 6.92 Å². The van der Waals surface area contributed by atoms with E-state index in [1.54, 1.807) is 0 Å². The van der Waals surface area contributed by atoms with Gasteiger partial charge < -0.3 is 11.1 Å². The maximum Gasteiger partial charge on any atom is 0.158 e. The van der Waals surface area contributed by atoms with Gasteiger partial charge in [0, 0.05) is 17.7 Å². The maximum atomic E-state index is 14.5. The summed E-state index contributed by atoms with van der Waals surface area (Å²) in [6.07, 6.45) is 0.917. The number of ketones is 1. The minimum Gasteiger partial charge on any atom is -0.330 e. The summed E-state index contributed by atoms with van der Waals surface area (Å²) in [5.74, 6) is -1.23. The Morgan fingerprint density at radius 2 is 1.92 bits per heavy atom. The molecule has 136 valence electrons. The van der Waals surface area contributed by atoms with Crippen molar-refractivity contribution in [2.45, 2.75) is 25.3 Å². The van der Waals surface area contributed by atoms with Crippen LogP contribution in [0.4, 0.5) is 8.78 Å². The third kappa shape index (κ3) is 3.20. The number of benzene rings is 2. The predicted octanol–water partition coefficient (Wildman–Crippen LogP) is 3.55. The van der Waals surface area contributed by atoms with E-state index in [9.17, 15) is 13.6 Å². The molecule has 0 saturated heterocycles. The van der Waals surface area contributed by atoms with Crippen LogP contribution >= 0.6 is 0 Å². The summed E-state index contributed by atoms with van der Waals surface area (Å²) in [4.78, 5) is 12.7. The Labute approximate surface area is 151 Å². The lowest BCUT2D eigenvalue weighted by molar-refractivity contribution is -0.114. The molecule has 1 aliphatic rings. The van der Waals surface area contributed by atoms with Crippen molar-refractivity contribution in [3.63, 3.8) is 0 Å². The predicted molar refractivity (Wildman–Crippen MR) is 98.4 cm³/mol. The van der Waals surface area contributed by atoms with E-state index < -0.39 is 17.2 Å². The summed E-state index contributed by atoms with van der Waals surface area (Å²) in [5, 5.41) is 3.44. The fourth-order valence-corrected chi connectivity index (χ4v) is 3.93. The smallest absolute Gasteiger partial charge is 0.158 e. The summed E-state index contributed by atoms with van der Waals surface area (Å²) in [7, 11) is 0. The lowest BCUT2D eigenvalue weighted by Crippen LogP contribution is -2.50. The highest BCUT2D eigenvalue weighted by atomic mass is 19.1. The second-order valence-electron chi connectivity index (χ2n) is 6.52. The highest BCUT2D eigenvalue weighted by molar-refractivity contribution is 6.04. The molecule has 1 heterocycles. The molecule has 1 aliphatic heterocycles. The highest BCUT2D eigenvalue weighted by Crippen LogP contribution is 2.42. The monoisotopic (exact) mass is 356 g/mol. The van der Waals surface area contributed by atoms with Gasteiger partial charge >= 0.3 is 0 Å². The van der Waals surface area contributed by atoms with Crippen LogP contribution in [0.5, 0.6) is 0 Å². The van der Waals surface area contributed by atoms with Gasteiger partial charge in [0.2, 0.25) is 0 Å². The van der Waals surface area contributed by atoms with Crippen LogP contribution in [0, 0.1) is 11.6 Å². The van der Waals surface area contributed by atoms with Crippen LogP contribution in [-0.2, 0) is 10.3 Å². The van der Waals surface area contributed by atoms with E-state index in [-0.39, 0.29) is 11.3 Å². The molecule has 1 atom stereocenters. The van der Waals surface area contributed by atoms with Crippen LogP contribution in [0.25, 0.3) is 5.57 Å². The van der Waals surface area contributed by atoms with Gasteiger partial charge in [0.15, 0.2) is 5.78 Å². The zero-order valence-electron chi connectivity index (χ0n) is 14.7. The van der Waals surface area contributed by atoms with E-state index in [4.69, 9.17) is 5.73 Å². The average molecular weight is 356 g/mol. The topological polar surface area (TPSA) is 55.1 Å². The van der Waals surface area contributed by atoms with Crippen LogP contribution in [0.1, 0.15) is 30.9 Å². The van der Waals surface area contributed by atoms with Crippen molar-refractivity contribution in [3.05, 3.63) is 76.9 Å². The lowest BCUT2D eigenvalue weighted by Gasteiger charge is -2.42. The van der Waals surface area contributed by atoms with Gasteiger partial charge in [-0.05, 0) is 55.6 Å². The zero-order valence-corrected chi connectivity index (χ0v) is 14.7. The van der Waals surface area contributed by atoms with Crippen LogP contribution in [0.3, 0.4) is 0 Å². The highest BCUT2D eigenvalue weighted by Gasteiger charge is 2.42. The van der Waals surface area contributed by atoms with Crippen LogP contribution < -0.4 is 11.1 Å². The van der Waals surface area contributed by atoms with Gasteiger partial charge in [-0.25, -0.2) is 8.78 Å². The molecule has 2 aromatic rings. The molecule has 0 spiro atoms. The molecule has 1 unspecified atom stereocenters. The molecule has 0 bridgehead atoms. The summed E-state index contributed by atoms with van der Waals surface area (Å²) in [6.45, 7) is 2.35. The number of Topliss-reactive ketones (excluding diaryl/α,β-unsaturated/α-hetero) is 1. The first-order valence-electron chi connectivity index (χ1n) is 8.70. The van der Waals surface area contributed by atoms with Gasteiger partial charge in [-0.15, -0.1) is 0 Å². The van der Waals surface area contributed by atoms with E-state index >= 15 is 0 Å². The van der Waals surface area contributed by atoms with Gasteiger partial charge in [-0.2, -0.15) is 0 Å². The van der Waals surface area contributed by atoms with Gasteiger partial charge in [0.25, 0.3) is 0 Å². The Morgan fingerprint density at radius 3 is 2.58 bits per heavy atom. The zero-order chi connectivity index (χ0) is 18.7. The minimum absolute atomic E-state index is 0.147. The maximum absolute atomic E-state index is 14.5. The normalized spacial score (nSPS) is 20.3. The van der Waals surface area contributed by atoms with Crippen molar-refractivity contribution in [1.82, 2.24) is 5.32 Å². The summed E-state index contributed by atoms with van der Waals surface area (Å²) in [5.41, 5.74) is 7.11. The molecule has 2 aromatic carbocycles. The quantitative estimate of drug-likeness (QED) is 0.861. The fraction of sp³-hybridized carbons (Fsp3) is 0.286. The minimum atomic E-state index is -0.811. The molecular weight excluding hydrogens is 334 g/mol. The second kappa shape index (κ2) is 7.48. The Kier molecular flexibility index (Phi) is 5.30. The molecule has 0 radical (unpaired) electrons. The number of carbonyl (C=O) groups is 1. The first-order chi connectivity index (χ1) is 12.5. The third-order valence-electron chi connectivity index (χ3n) is 4.92. The van der Waals surface area contributed by atoms with Crippen LogP contribution in [-0.4, -0.2) is 18.9 Å². The fourth-order valence-electron chi connectivity index (χ4n) is 3.93. The number of carbonyl (C=O) groups excluding carboxylic acids is 1. The number of nitrogens with one attached hydrogen (secondary N) is 1. The summed E-state index contributed by atoms with van der Waals surface area (Å²) < 4.78 is 28.3. The molecule has 5 heteroatoms. The number of halogens is 2. The second-order valence-corrected chi connectivity index (χ2v) is 6.52. The molecule has 0 fully saturated rings. The summed E-state index contributed by atoms with van der Waals surface area (Å²) >= 11 is 0. The average Bonchev–Trinajstić information content (AvgIpc) is 2.64. The molecule has 0 aromatic heterocycles.